The summed E-state index contributed by atoms with van der Waals surface area (Å²) < 4.78 is 0. The van der Waals surface area contributed by atoms with Gasteiger partial charge in [0.2, 0.25) is 0 Å². The highest BCUT2D eigenvalue weighted by atomic mass is 16.3. The molecule has 1 saturated carbocycles. The molecule has 5 heteroatoms. The van der Waals surface area contributed by atoms with Crippen LogP contribution in [-0.4, -0.2) is 58.8 Å². The van der Waals surface area contributed by atoms with Gasteiger partial charge in [0, 0.05) is 50.4 Å². The van der Waals surface area contributed by atoms with Crippen LogP contribution in [0.15, 0.2) is 48.8 Å². The molecule has 0 spiro atoms. The number of rotatable bonds is 5. The van der Waals surface area contributed by atoms with Crippen molar-refractivity contribution < 1.29 is 5.11 Å². The summed E-state index contributed by atoms with van der Waals surface area (Å²) in [5.74, 6) is 1.42. The van der Waals surface area contributed by atoms with Crippen LogP contribution in [0.25, 0.3) is 6.08 Å². The summed E-state index contributed by atoms with van der Waals surface area (Å²) in [6, 6.07) is 12.5. The van der Waals surface area contributed by atoms with Gasteiger partial charge in [-0.1, -0.05) is 42.5 Å². The average molecular weight is 350 g/mol. The van der Waals surface area contributed by atoms with Gasteiger partial charge in [0.15, 0.2) is 0 Å². The van der Waals surface area contributed by atoms with Crippen molar-refractivity contribution in [3.63, 3.8) is 0 Å². The predicted octanol–water partition coefficient (Wildman–Crippen LogP) is 2.55. The van der Waals surface area contributed by atoms with Crippen LogP contribution in [0.4, 0.5) is 5.82 Å². The number of hydrogen-bond donors (Lipinski definition) is 1. The molecule has 4 rings (SSSR count). The largest absolute Gasteiger partial charge is 0.393 e. The standard InChI is InChI=1S/C21H26N4O/c26-19-13-18(14-19)20-15-21(23-16-22-20)25-11-9-24(10-12-25)8-4-7-17-5-2-1-3-6-17/h1-7,15-16,18-19,26H,8-14H2/b7-4+. The number of anilines is 1. The number of nitrogens with zero attached hydrogens (tertiary/aromatic N) is 4. The Kier molecular flexibility index (Phi) is 5.27. The molecular formula is C21H26N4O. The van der Waals surface area contributed by atoms with Crippen molar-refractivity contribution >= 4 is 11.9 Å². The van der Waals surface area contributed by atoms with Crippen molar-refractivity contribution in [1.82, 2.24) is 14.9 Å². The Morgan fingerprint density at radius 2 is 1.81 bits per heavy atom. The molecule has 0 amide bonds. The molecule has 2 heterocycles. The third-order valence-electron chi connectivity index (χ3n) is 5.38. The van der Waals surface area contributed by atoms with Crippen LogP contribution in [0.5, 0.6) is 0 Å². The lowest BCUT2D eigenvalue weighted by molar-refractivity contribution is 0.0732. The van der Waals surface area contributed by atoms with Gasteiger partial charge in [0.1, 0.15) is 12.1 Å². The van der Waals surface area contributed by atoms with Crippen molar-refractivity contribution in [2.75, 3.05) is 37.6 Å². The molecule has 0 bridgehead atoms. The fourth-order valence-electron chi connectivity index (χ4n) is 3.65. The zero-order valence-corrected chi connectivity index (χ0v) is 15.0. The first-order valence-electron chi connectivity index (χ1n) is 9.47. The van der Waals surface area contributed by atoms with Crippen LogP contribution in [0.1, 0.15) is 30.0 Å². The minimum atomic E-state index is -0.147. The van der Waals surface area contributed by atoms with E-state index in [2.05, 4.69) is 62.3 Å². The van der Waals surface area contributed by atoms with E-state index in [4.69, 9.17) is 0 Å². The summed E-state index contributed by atoms with van der Waals surface area (Å²) in [6.45, 7) is 5.05. The van der Waals surface area contributed by atoms with Gasteiger partial charge in [-0.25, -0.2) is 9.97 Å². The molecule has 0 radical (unpaired) electrons. The molecule has 1 N–H and O–H groups in total. The molecule has 1 saturated heterocycles. The van der Waals surface area contributed by atoms with Crippen molar-refractivity contribution in [1.29, 1.82) is 0 Å². The minimum Gasteiger partial charge on any atom is -0.393 e. The SMILES string of the molecule is OC1CC(c2cc(N3CCN(C/C=C/c4ccccc4)CC3)ncn2)C1. The first-order chi connectivity index (χ1) is 12.8. The second-order valence-electron chi connectivity index (χ2n) is 7.22. The molecule has 1 aromatic heterocycles. The number of piperazine rings is 1. The van der Waals surface area contributed by atoms with E-state index in [0.29, 0.717) is 5.92 Å². The first-order valence-corrected chi connectivity index (χ1v) is 9.47. The quantitative estimate of drug-likeness (QED) is 0.898. The lowest BCUT2D eigenvalue weighted by Crippen LogP contribution is -2.46. The number of aliphatic hydroxyl groups excluding tert-OH is 1. The first kappa shape index (κ1) is 17.2. The van der Waals surface area contributed by atoms with E-state index in [0.717, 1.165) is 57.1 Å². The molecule has 1 aliphatic carbocycles. The molecule has 2 aromatic rings. The van der Waals surface area contributed by atoms with Gasteiger partial charge >= 0.3 is 0 Å². The molecule has 26 heavy (non-hydrogen) atoms. The normalized spacial score (nSPS) is 24.0. The second kappa shape index (κ2) is 7.98. The van der Waals surface area contributed by atoms with Crippen LogP contribution < -0.4 is 4.90 Å². The highest BCUT2D eigenvalue weighted by molar-refractivity contribution is 5.48. The zero-order chi connectivity index (χ0) is 17.8. The summed E-state index contributed by atoms with van der Waals surface area (Å²) in [4.78, 5) is 13.7. The van der Waals surface area contributed by atoms with E-state index >= 15 is 0 Å². The topological polar surface area (TPSA) is 52.5 Å². The lowest BCUT2D eigenvalue weighted by Gasteiger charge is -2.35. The summed E-state index contributed by atoms with van der Waals surface area (Å²) >= 11 is 0. The van der Waals surface area contributed by atoms with Crippen molar-refractivity contribution in [3.8, 4) is 0 Å². The van der Waals surface area contributed by atoms with Crippen LogP contribution >= 0.6 is 0 Å². The Morgan fingerprint density at radius 3 is 2.54 bits per heavy atom. The molecular weight excluding hydrogens is 324 g/mol. The molecule has 136 valence electrons. The molecule has 2 fully saturated rings. The third-order valence-corrected chi connectivity index (χ3v) is 5.38. The Hall–Kier alpha value is -2.24. The molecule has 1 aromatic carbocycles. The number of hydrogen-bond acceptors (Lipinski definition) is 5. The number of aliphatic hydroxyl groups is 1. The number of benzene rings is 1. The number of aromatic nitrogens is 2. The third kappa shape index (κ3) is 4.11. The van der Waals surface area contributed by atoms with E-state index in [-0.39, 0.29) is 6.10 Å². The van der Waals surface area contributed by atoms with Gasteiger partial charge < -0.3 is 10.0 Å². The van der Waals surface area contributed by atoms with Crippen molar-refractivity contribution in [3.05, 3.63) is 60.1 Å². The van der Waals surface area contributed by atoms with Gasteiger partial charge in [0.05, 0.1) is 6.10 Å². The Balaban J connectivity index is 1.28. The maximum Gasteiger partial charge on any atom is 0.132 e. The second-order valence-corrected chi connectivity index (χ2v) is 7.22. The smallest absolute Gasteiger partial charge is 0.132 e. The molecule has 0 atom stereocenters. The van der Waals surface area contributed by atoms with Gasteiger partial charge in [-0.05, 0) is 18.4 Å². The van der Waals surface area contributed by atoms with Gasteiger partial charge in [-0.3, -0.25) is 4.90 Å². The summed E-state index contributed by atoms with van der Waals surface area (Å²) in [6.07, 6.45) is 7.62. The van der Waals surface area contributed by atoms with Crippen molar-refractivity contribution in [2.24, 2.45) is 0 Å². The van der Waals surface area contributed by atoms with Gasteiger partial charge in [-0.2, -0.15) is 0 Å². The highest BCUT2D eigenvalue weighted by Gasteiger charge is 2.30. The summed E-state index contributed by atoms with van der Waals surface area (Å²) in [5.41, 5.74) is 2.33. The van der Waals surface area contributed by atoms with E-state index in [1.807, 2.05) is 6.07 Å². The highest BCUT2D eigenvalue weighted by Crippen LogP contribution is 2.36. The Labute approximate surface area is 155 Å². The van der Waals surface area contributed by atoms with E-state index in [1.165, 1.54) is 5.56 Å². The van der Waals surface area contributed by atoms with Crippen LogP contribution in [-0.2, 0) is 0 Å². The fourth-order valence-corrected chi connectivity index (χ4v) is 3.65. The molecule has 2 aliphatic rings. The maximum absolute atomic E-state index is 9.51. The van der Waals surface area contributed by atoms with Gasteiger partial charge in [-0.15, -0.1) is 0 Å². The summed E-state index contributed by atoms with van der Waals surface area (Å²) in [5, 5.41) is 9.51. The molecule has 0 unspecified atom stereocenters. The van der Waals surface area contributed by atoms with Crippen molar-refractivity contribution in [2.45, 2.75) is 24.9 Å². The molecule has 1 aliphatic heterocycles. The zero-order valence-electron chi connectivity index (χ0n) is 15.0. The summed E-state index contributed by atoms with van der Waals surface area (Å²) in [7, 11) is 0. The van der Waals surface area contributed by atoms with Crippen LogP contribution in [0.3, 0.4) is 0 Å². The van der Waals surface area contributed by atoms with Crippen LogP contribution in [0.2, 0.25) is 0 Å². The van der Waals surface area contributed by atoms with Gasteiger partial charge in [0.25, 0.3) is 0 Å². The molecule has 5 nitrogen and oxygen atoms in total. The lowest BCUT2D eigenvalue weighted by atomic mass is 9.80. The Bertz CT molecular complexity index is 735. The monoisotopic (exact) mass is 350 g/mol. The fraction of sp³-hybridized carbons (Fsp3) is 0.429. The van der Waals surface area contributed by atoms with Crippen LogP contribution in [0, 0.1) is 0 Å². The van der Waals surface area contributed by atoms with E-state index in [9.17, 15) is 5.11 Å². The predicted molar refractivity (Wildman–Crippen MR) is 104 cm³/mol. The average Bonchev–Trinajstić information content (AvgIpc) is 2.67. The van der Waals surface area contributed by atoms with E-state index in [1.54, 1.807) is 6.33 Å². The minimum absolute atomic E-state index is 0.147. The Morgan fingerprint density at radius 1 is 1.04 bits per heavy atom. The van der Waals surface area contributed by atoms with E-state index < -0.39 is 0 Å². The maximum atomic E-state index is 9.51.